The molecule has 1 aromatic carbocycles. The van der Waals surface area contributed by atoms with Crippen molar-refractivity contribution in [1.29, 1.82) is 0 Å². The average molecular weight is 271 g/mol. The first-order chi connectivity index (χ1) is 9.50. The van der Waals surface area contributed by atoms with Gasteiger partial charge in [-0.15, -0.1) is 0 Å². The maximum absolute atomic E-state index is 11.0. The summed E-state index contributed by atoms with van der Waals surface area (Å²) >= 11 is 0. The number of carbonyl (C=O) groups is 1. The average Bonchev–Trinajstić information content (AvgIpc) is 2.41. The standard InChI is InChI=1S/C15H17N3O2/c1-9-5-3-4-6-11(9)10(2)18-14-13(16)12(15(19)20)7-8-17-14/h3-8,10H,16H2,1-2H3,(H,17,18)(H,19,20). The molecule has 1 heterocycles. The van der Waals surface area contributed by atoms with E-state index >= 15 is 0 Å². The third-order valence-corrected chi connectivity index (χ3v) is 3.23. The molecule has 0 aliphatic carbocycles. The molecule has 4 N–H and O–H groups in total. The smallest absolute Gasteiger partial charge is 0.337 e. The van der Waals surface area contributed by atoms with E-state index in [9.17, 15) is 4.79 Å². The van der Waals surface area contributed by atoms with Gasteiger partial charge in [-0.3, -0.25) is 0 Å². The third kappa shape index (κ3) is 2.71. The van der Waals surface area contributed by atoms with Gasteiger partial charge in [-0.05, 0) is 31.0 Å². The van der Waals surface area contributed by atoms with Crippen LogP contribution in [0.1, 0.15) is 34.5 Å². The number of aromatic nitrogens is 1. The first-order valence-electron chi connectivity index (χ1n) is 6.30. The van der Waals surface area contributed by atoms with E-state index < -0.39 is 5.97 Å². The Labute approximate surface area is 117 Å². The summed E-state index contributed by atoms with van der Waals surface area (Å²) in [7, 11) is 0. The molecule has 20 heavy (non-hydrogen) atoms. The zero-order valence-electron chi connectivity index (χ0n) is 11.4. The van der Waals surface area contributed by atoms with Crippen LogP contribution in [0.15, 0.2) is 36.5 Å². The third-order valence-electron chi connectivity index (χ3n) is 3.23. The molecule has 0 saturated heterocycles. The predicted octanol–water partition coefficient (Wildman–Crippen LogP) is 2.84. The number of nitrogens with one attached hydrogen (secondary N) is 1. The Kier molecular flexibility index (Phi) is 3.89. The Balaban J connectivity index is 2.29. The molecule has 0 aliphatic rings. The molecule has 1 aromatic heterocycles. The fourth-order valence-corrected chi connectivity index (χ4v) is 2.13. The van der Waals surface area contributed by atoms with Crippen molar-refractivity contribution in [2.75, 3.05) is 11.1 Å². The molecule has 1 atom stereocenters. The summed E-state index contributed by atoms with van der Waals surface area (Å²) in [5.41, 5.74) is 8.32. The van der Waals surface area contributed by atoms with E-state index in [1.54, 1.807) is 0 Å². The Bertz CT molecular complexity index is 641. The van der Waals surface area contributed by atoms with Crippen molar-refractivity contribution in [2.24, 2.45) is 0 Å². The van der Waals surface area contributed by atoms with Crippen LogP contribution in [0, 0.1) is 6.92 Å². The molecule has 0 amide bonds. The Morgan fingerprint density at radius 1 is 1.35 bits per heavy atom. The Morgan fingerprint density at radius 3 is 2.70 bits per heavy atom. The SMILES string of the molecule is Cc1ccccc1C(C)Nc1nccc(C(=O)O)c1N. The summed E-state index contributed by atoms with van der Waals surface area (Å²) in [6.45, 7) is 4.01. The molecule has 0 fully saturated rings. The van der Waals surface area contributed by atoms with Crippen LogP contribution in [0.2, 0.25) is 0 Å². The van der Waals surface area contributed by atoms with Gasteiger partial charge in [-0.1, -0.05) is 24.3 Å². The number of hydrogen-bond acceptors (Lipinski definition) is 4. The fourth-order valence-electron chi connectivity index (χ4n) is 2.13. The summed E-state index contributed by atoms with van der Waals surface area (Å²) in [4.78, 5) is 15.2. The second-order valence-electron chi connectivity index (χ2n) is 4.65. The highest BCUT2D eigenvalue weighted by Crippen LogP contribution is 2.26. The summed E-state index contributed by atoms with van der Waals surface area (Å²) in [5.74, 6) is -0.669. The number of nitrogen functional groups attached to an aromatic ring is 1. The molecule has 2 rings (SSSR count). The highest BCUT2D eigenvalue weighted by atomic mass is 16.4. The van der Waals surface area contributed by atoms with Crippen LogP contribution in [0.25, 0.3) is 0 Å². The molecular weight excluding hydrogens is 254 g/mol. The quantitative estimate of drug-likeness (QED) is 0.795. The number of rotatable bonds is 4. The van der Waals surface area contributed by atoms with Gasteiger partial charge >= 0.3 is 5.97 Å². The van der Waals surface area contributed by atoms with E-state index in [0.29, 0.717) is 5.82 Å². The number of aromatic carboxylic acids is 1. The molecule has 5 heteroatoms. The molecule has 0 spiro atoms. The lowest BCUT2D eigenvalue weighted by Crippen LogP contribution is -2.13. The lowest BCUT2D eigenvalue weighted by Gasteiger charge is -2.18. The minimum absolute atomic E-state index is 0.0185. The summed E-state index contributed by atoms with van der Waals surface area (Å²) in [5, 5.41) is 12.2. The van der Waals surface area contributed by atoms with Crippen LogP contribution >= 0.6 is 0 Å². The number of benzene rings is 1. The van der Waals surface area contributed by atoms with Gasteiger partial charge in [0.1, 0.15) is 0 Å². The van der Waals surface area contributed by atoms with Crippen molar-refractivity contribution in [3.63, 3.8) is 0 Å². The predicted molar refractivity (Wildman–Crippen MR) is 78.8 cm³/mol. The van der Waals surface area contributed by atoms with Crippen molar-refractivity contribution < 1.29 is 9.90 Å². The minimum atomic E-state index is -1.06. The summed E-state index contributed by atoms with van der Waals surface area (Å²) < 4.78 is 0. The van der Waals surface area contributed by atoms with Gasteiger partial charge < -0.3 is 16.2 Å². The van der Waals surface area contributed by atoms with Gasteiger partial charge in [0, 0.05) is 6.20 Å². The lowest BCUT2D eigenvalue weighted by atomic mass is 10.0. The van der Waals surface area contributed by atoms with Gasteiger partial charge in [-0.2, -0.15) is 0 Å². The normalized spacial score (nSPS) is 11.9. The number of anilines is 2. The first kappa shape index (κ1) is 13.9. The number of aryl methyl sites for hydroxylation is 1. The highest BCUT2D eigenvalue weighted by Gasteiger charge is 2.15. The molecule has 0 aliphatic heterocycles. The molecule has 0 saturated carbocycles. The van der Waals surface area contributed by atoms with E-state index in [4.69, 9.17) is 10.8 Å². The number of carboxylic acids is 1. The van der Waals surface area contributed by atoms with Gasteiger partial charge in [0.2, 0.25) is 0 Å². The number of nitrogens with zero attached hydrogens (tertiary/aromatic N) is 1. The van der Waals surface area contributed by atoms with E-state index in [2.05, 4.69) is 10.3 Å². The van der Waals surface area contributed by atoms with Crippen molar-refractivity contribution in [1.82, 2.24) is 4.98 Å². The number of pyridine rings is 1. The Hall–Kier alpha value is -2.56. The van der Waals surface area contributed by atoms with Gasteiger partial charge in [0.25, 0.3) is 0 Å². The topological polar surface area (TPSA) is 88.2 Å². The van der Waals surface area contributed by atoms with Crippen LogP contribution in [0.4, 0.5) is 11.5 Å². The van der Waals surface area contributed by atoms with E-state index in [1.807, 2.05) is 38.1 Å². The molecule has 104 valence electrons. The van der Waals surface area contributed by atoms with Crippen LogP contribution in [-0.2, 0) is 0 Å². The van der Waals surface area contributed by atoms with E-state index in [0.717, 1.165) is 11.1 Å². The maximum Gasteiger partial charge on any atom is 0.337 e. The van der Waals surface area contributed by atoms with Crippen molar-refractivity contribution >= 4 is 17.5 Å². The zero-order chi connectivity index (χ0) is 14.7. The number of carboxylic acid groups (broad SMARTS) is 1. The molecule has 1 unspecified atom stereocenters. The van der Waals surface area contributed by atoms with Crippen molar-refractivity contribution in [3.8, 4) is 0 Å². The van der Waals surface area contributed by atoms with Crippen molar-refractivity contribution in [3.05, 3.63) is 53.2 Å². The molecule has 0 bridgehead atoms. The van der Waals surface area contributed by atoms with Crippen molar-refractivity contribution in [2.45, 2.75) is 19.9 Å². The first-order valence-corrected chi connectivity index (χ1v) is 6.30. The summed E-state index contributed by atoms with van der Waals surface area (Å²) in [6, 6.07) is 9.35. The second-order valence-corrected chi connectivity index (χ2v) is 4.65. The largest absolute Gasteiger partial charge is 0.478 e. The zero-order valence-corrected chi connectivity index (χ0v) is 11.4. The van der Waals surface area contributed by atoms with Gasteiger partial charge in [0.15, 0.2) is 5.82 Å². The van der Waals surface area contributed by atoms with Crippen LogP contribution < -0.4 is 11.1 Å². The molecule has 0 radical (unpaired) electrons. The number of hydrogen-bond donors (Lipinski definition) is 3. The van der Waals surface area contributed by atoms with Gasteiger partial charge in [0.05, 0.1) is 17.3 Å². The summed E-state index contributed by atoms with van der Waals surface area (Å²) in [6.07, 6.45) is 1.44. The lowest BCUT2D eigenvalue weighted by molar-refractivity contribution is 0.0698. The van der Waals surface area contributed by atoms with E-state index in [1.165, 1.54) is 12.3 Å². The maximum atomic E-state index is 11.0. The fraction of sp³-hybridized carbons (Fsp3) is 0.200. The molecular formula is C15H17N3O2. The van der Waals surface area contributed by atoms with Crippen LogP contribution in [0.5, 0.6) is 0 Å². The van der Waals surface area contributed by atoms with E-state index in [-0.39, 0.29) is 17.3 Å². The Morgan fingerprint density at radius 2 is 2.05 bits per heavy atom. The van der Waals surface area contributed by atoms with Crippen LogP contribution in [-0.4, -0.2) is 16.1 Å². The number of nitrogens with two attached hydrogens (primary N) is 1. The minimum Gasteiger partial charge on any atom is -0.478 e. The monoisotopic (exact) mass is 271 g/mol. The van der Waals surface area contributed by atoms with Gasteiger partial charge in [-0.25, -0.2) is 9.78 Å². The molecule has 2 aromatic rings. The highest BCUT2D eigenvalue weighted by molar-refractivity contribution is 5.96. The molecule has 5 nitrogen and oxygen atoms in total. The van der Waals surface area contributed by atoms with Crippen LogP contribution in [0.3, 0.4) is 0 Å². The second kappa shape index (κ2) is 5.61.